The lowest BCUT2D eigenvalue weighted by atomic mass is 9.89. The molecule has 0 aliphatic rings. The fourth-order valence-corrected chi connectivity index (χ4v) is 1.52. The largest absolute Gasteiger partial charge is 0.391 e. The number of rotatable bonds is 5. The Morgan fingerprint density at radius 2 is 2.05 bits per heavy atom. The summed E-state index contributed by atoms with van der Waals surface area (Å²) in [5.41, 5.74) is 0.307. The smallest absolute Gasteiger partial charge is 0.315 e. The summed E-state index contributed by atoms with van der Waals surface area (Å²) in [6.07, 6.45) is -0.652. The summed E-state index contributed by atoms with van der Waals surface area (Å²) in [5, 5.41) is 25.6. The molecule has 0 spiro atoms. The van der Waals surface area contributed by atoms with Crippen LogP contribution in [0.5, 0.6) is 0 Å². The second kappa shape index (κ2) is 7.03. The Morgan fingerprint density at radius 1 is 1.38 bits per heavy atom. The maximum absolute atomic E-state index is 11.6. The third-order valence-electron chi connectivity index (χ3n) is 3.03. The first kappa shape index (κ1) is 16.9. The maximum Gasteiger partial charge on any atom is 0.315 e. The average Bonchev–Trinajstić information content (AvgIpc) is 2.41. The number of benzene rings is 1. The number of amides is 2. The molecule has 0 saturated heterocycles. The van der Waals surface area contributed by atoms with E-state index in [2.05, 4.69) is 10.6 Å². The molecule has 0 aliphatic heterocycles. The SMILES string of the molecule is CC(C)(C)C(O)CNC(=O)NCc1cccc([N+](=O)[O-])c1. The van der Waals surface area contributed by atoms with Crippen LogP contribution in [0.25, 0.3) is 0 Å². The van der Waals surface area contributed by atoms with E-state index in [1.807, 2.05) is 20.8 Å². The van der Waals surface area contributed by atoms with Gasteiger partial charge >= 0.3 is 6.03 Å². The summed E-state index contributed by atoms with van der Waals surface area (Å²) in [6, 6.07) is 5.63. The number of nitro benzene ring substituents is 1. The van der Waals surface area contributed by atoms with Gasteiger partial charge in [0.05, 0.1) is 11.0 Å². The molecule has 0 saturated carbocycles. The van der Waals surface area contributed by atoms with Crippen LogP contribution in [0.2, 0.25) is 0 Å². The number of non-ortho nitro benzene ring substituents is 1. The fourth-order valence-electron chi connectivity index (χ4n) is 1.52. The van der Waals surface area contributed by atoms with Crippen molar-refractivity contribution in [2.45, 2.75) is 33.4 Å². The highest BCUT2D eigenvalue weighted by Gasteiger charge is 2.22. The Balaban J connectivity index is 2.43. The number of nitro groups is 1. The van der Waals surface area contributed by atoms with Crippen molar-refractivity contribution in [3.63, 3.8) is 0 Å². The van der Waals surface area contributed by atoms with E-state index in [1.165, 1.54) is 12.1 Å². The van der Waals surface area contributed by atoms with Crippen LogP contribution in [0.1, 0.15) is 26.3 Å². The van der Waals surface area contributed by atoms with Crippen molar-refractivity contribution in [3.8, 4) is 0 Å². The van der Waals surface area contributed by atoms with Crippen LogP contribution < -0.4 is 10.6 Å². The summed E-state index contributed by atoms with van der Waals surface area (Å²) in [5.74, 6) is 0. The Bertz CT molecular complexity index is 511. The van der Waals surface area contributed by atoms with Gasteiger partial charge in [-0.15, -0.1) is 0 Å². The number of carbonyl (C=O) groups excluding carboxylic acids is 1. The molecule has 21 heavy (non-hydrogen) atoms. The summed E-state index contributed by atoms with van der Waals surface area (Å²) in [4.78, 5) is 21.8. The van der Waals surface area contributed by atoms with Gasteiger partial charge in [0.25, 0.3) is 5.69 Å². The number of nitrogens with zero attached hydrogens (tertiary/aromatic N) is 1. The first-order valence-corrected chi connectivity index (χ1v) is 6.63. The van der Waals surface area contributed by atoms with Crippen LogP contribution >= 0.6 is 0 Å². The van der Waals surface area contributed by atoms with Crippen molar-refractivity contribution in [1.82, 2.24) is 10.6 Å². The van der Waals surface area contributed by atoms with Gasteiger partial charge in [-0.1, -0.05) is 32.9 Å². The van der Waals surface area contributed by atoms with Crippen molar-refractivity contribution >= 4 is 11.7 Å². The number of nitrogens with one attached hydrogen (secondary N) is 2. The van der Waals surface area contributed by atoms with Gasteiger partial charge in [0.15, 0.2) is 0 Å². The topological polar surface area (TPSA) is 104 Å². The third kappa shape index (κ3) is 5.78. The molecule has 0 radical (unpaired) electrons. The van der Waals surface area contributed by atoms with Crippen LogP contribution in [0.4, 0.5) is 10.5 Å². The van der Waals surface area contributed by atoms with Crippen molar-refractivity contribution in [2.75, 3.05) is 6.54 Å². The van der Waals surface area contributed by atoms with E-state index in [1.54, 1.807) is 12.1 Å². The first-order valence-electron chi connectivity index (χ1n) is 6.63. The molecule has 0 heterocycles. The predicted octanol–water partition coefficient (Wildman–Crippen LogP) is 1.80. The third-order valence-corrected chi connectivity index (χ3v) is 3.03. The van der Waals surface area contributed by atoms with Crippen molar-refractivity contribution in [3.05, 3.63) is 39.9 Å². The first-order chi connectivity index (χ1) is 9.70. The Kier molecular flexibility index (Phi) is 5.66. The molecular weight excluding hydrogens is 274 g/mol. The lowest BCUT2D eigenvalue weighted by Gasteiger charge is -2.25. The van der Waals surface area contributed by atoms with Gasteiger partial charge in [0.1, 0.15) is 0 Å². The predicted molar refractivity (Wildman–Crippen MR) is 78.8 cm³/mol. The molecule has 0 bridgehead atoms. The van der Waals surface area contributed by atoms with Crippen molar-refractivity contribution in [1.29, 1.82) is 0 Å². The van der Waals surface area contributed by atoms with Gasteiger partial charge < -0.3 is 15.7 Å². The second-order valence-corrected chi connectivity index (χ2v) is 5.87. The fraction of sp³-hybridized carbons (Fsp3) is 0.500. The van der Waals surface area contributed by atoms with Crippen LogP contribution in [-0.2, 0) is 6.54 Å². The number of urea groups is 1. The number of aliphatic hydroxyl groups is 1. The van der Waals surface area contributed by atoms with Gasteiger partial charge in [0.2, 0.25) is 0 Å². The molecule has 1 aromatic carbocycles. The van der Waals surface area contributed by atoms with Gasteiger partial charge in [-0.05, 0) is 11.0 Å². The summed E-state index contributed by atoms with van der Waals surface area (Å²) < 4.78 is 0. The Morgan fingerprint density at radius 3 is 2.62 bits per heavy atom. The number of carbonyl (C=O) groups is 1. The zero-order chi connectivity index (χ0) is 16.0. The van der Waals surface area contributed by atoms with E-state index in [4.69, 9.17) is 0 Å². The van der Waals surface area contributed by atoms with Gasteiger partial charge in [0, 0.05) is 25.2 Å². The molecule has 1 rings (SSSR count). The minimum absolute atomic E-state index is 0.0159. The van der Waals surface area contributed by atoms with Crippen LogP contribution in [0.15, 0.2) is 24.3 Å². The number of hydrogen-bond acceptors (Lipinski definition) is 4. The monoisotopic (exact) mass is 295 g/mol. The maximum atomic E-state index is 11.6. The molecule has 2 amide bonds. The normalized spacial score (nSPS) is 12.6. The zero-order valence-electron chi connectivity index (χ0n) is 12.4. The summed E-state index contributed by atoms with van der Waals surface area (Å²) in [6.45, 7) is 5.95. The standard InChI is InChI=1S/C14H21N3O4/c1-14(2,3)12(18)9-16-13(19)15-8-10-5-4-6-11(7-10)17(20)21/h4-7,12,18H,8-9H2,1-3H3,(H2,15,16,19). The van der Waals surface area contributed by atoms with Crippen LogP contribution in [0.3, 0.4) is 0 Å². The van der Waals surface area contributed by atoms with Gasteiger partial charge in [-0.2, -0.15) is 0 Å². The van der Waals surface area contributed by atoms with Crippen LogP contribution in [-0.4, -0.2) is 28.7 Å². The minimum atomic E-state index is -0.652. The summed E-state index contributed by atoms with van der Waals surface area (Å²) >= 11 is 0. The molecule has 0 fully saturated rings. The molecule has 7 nitrogen and oxygen atoms in total. The number of hydrogen-bond donors (Lipinski definition) is 3. The van der Waals surface area contributed by atoms with Crippen molar-refractivity contribution in [2.24, 2.45) is 5.41 Å². The molecular formula is C14H21N3O4. The lowest BCUT2D eigenvalue weighted by Crippen LogP contribution is -2.43. The molecule has 1 atom stereocenters. The van der Waals surface area contributed by atoms with E-state index < -0.39 is 17.1 Å². The molecule has 3 N–H and O–H groups in total. The second-order valence-electron chi connectivity index (χ2n) is 5.87. The Labute approximate surface area is 123 Å². The van der Waals surface area contributed by atoms with E-state index in [0.717, 1.165) is 0 Å². The quantitative estimate of drug-likeness (QED) is 0.569. The van der Waals surface area contributed by atoms with E-state index in [-0.39, 0.29) is 24.2 Å². The van der Waals surface area contributed by atoms with Gasteiger partial charge in [-0.3, -0.25) is 10.1 Å². The lowest BCUT2D eigenvalue weighted by molar-refractivity contribution is -0.384. The van der Waals surface area contributed by atoms with Crippen LogP contribution in [0, 0.1) is 15.5 Å². The highest BCUT2D eigenvalue weighted by molar-refractivity contribution is 5.73. The molecule has 0 aliphatic carbocycles. The molecule has 116 valence electrons. The molecule has 1 unspecified atom stereocenters. The zero-order valence-corrected chi connectivity index (χ0v) is 12.4. The minimum Gasteiger partial charge on any atom is -0.391 e. The molecule has 1 aromatic rings. The van der Waals surface area contributed by atoms with Gasteiger partial charge in [-0.25, -0.2) is 4.79 Å². The van der Waals surface area contributed by atoms with E-state index in [0.29, 0.717) is 5.56 Å². The highest BCUT2D eigenvalue weighted by Crippen LogP contribution is 2.18. The highest BCUT2D eigenvalue weighted by atomic mass is 16.6. The van der Waals surface area contributed by atoms with E-state index in [9.17, 15) is 20.0 Å². The van der Waals surface area contributed by atoms with Crippen molar-refractivity contribution < 1.29 is 14.8 Å². The Hall–Kier alpha value is -2.15. The summed E-state index contributed by atoms with van der Waals surface area (Å²) in [7, 11) is 0. The molecule has 0 aromatic heterocycles. The number of aliphatic hydroxyl groups excluding tert-OH is 1. The van der Waals surface area contributed by atoms with E-state index >= 15 is 0 Å². The molecule has 7 heteroatoms. The average molecular weight is 295 g/mol.